The second kappa shape index (κ2) is 8.81. The van der Waals surface area contributed by atoms with Crippen molar-refractivity contribution in [1.82, 2.24) is 0 Å². The fourth-order valence-corrected chi connectivity index (χ4v) is 2.59. The summed E-state index contributed by atoms with van der Waals surface area (Å²) in [6.07, 6.45) is 0. The highest BCUT2D eigenvalue weighted by Gasteiger charge is 2.12. The van der Waals surface area contributed by atoms with Crippen molar-refractivity contribution in [2.75, 3.05) is 17.2 Å². The van der Waals surface area contributed by atoms with E-state index in [4.69, 9.17) is 4.74 Å². The van der Waals surface area contributed by atoms with Gasteiger partial charge in [-0.1, -0.05) is 18.2 Å². The number of benzene rings is 3. The Labute approximate surface area is 162 Å². The molecule has 142 valence electrons. The molecule has 3 rings (SSSR count). The van der Waals surface area contributed by atoms with Crippen molar-refractivity contribution in [3.05, 3.63) is 89.7 Å². The van der Waals surface area contributed by atoms with Gasteiger partial charge in [0, 0.05) is 16.8 Å². The molecule has 0 unspecified atom stereocenters. The Kier molecular flexibility index (Phi) is 6.01. The van der Waals surface area contributed by atoms with Gasteiger partial charge < -0.3 is 15.4 Å². The normalized spacial score (nSPS) is 10.2. The molecular formula is C22H19FN2O3. The molecule has 0 saturated heterocycles. The summed E-state index contributed by atoms with van der Waals surface area (Å²) in [6, 6.07) is 19.0. The summed E-state index contributed by atoms with van der Waals surface area (Å²) in [6.45, 7) is 2.36. The summed E-state index contributed by atoms with van der Waals surface area (Å²) in [5.74, 6) is -0.551. The van der Waals surface area contributed by atoms with Gasteiger partial charge in [-0.3, -0.25) is 9.59 Å². The molecule has 0 aliphatic carbocycles. The third-order valence-electron chi connectivity index (χ3n) is 3.93. The van der Waals surface area contributed by atoms with Gasteiger partial charge in [0.05, 0.1) is 12.3 Å². The topological polar surface area (TPSA) is 67.4 Å². The minimum atomic E-state index is -0.433. The number of anilines is 2. The average Bonchev–Trinajstić information content (AvgIpc) is 2.70. The highest BCUT2D eigenvalue weighted by molar-refractivity contribution is 6.07. The number of halogens is 1. The fourth-order valence-electron chi connectivity index (χ4n) is 2.59. The van der Waals surface area contributed by atoms with E-state index in [9.17, 15) is 14.0 Å². The molecule has 0 aliphatic rings. The average molecular weight is 378 g/mol. The number of rotatable bonds is 6. The molecule has 0 heterocycles. The van der Waals surface area contributed by atoms with E-state index in [0.29, 0.717) is 34.9 Å². The number of carbonyl (C=O) groups is 2. The van der Waals surface area contributed by atoms with Gasteiger partial charge in [0.2, 0.25) is 0 Å². The van der Waals surface area contributed by atoms with Crippen LogP contribution in [0.5, 0.6) is 5.75 Å². The predicted octanol–water partition coefficient (Wildman–Crippen LogP) is 4.73. The molecule has 6 heteroatoms. The summed E-state index contributed by atoms with van der Waals surface area (Å²) in [4.78, 5) is 24.7. The number of amides is 2. The maximum Gasteiger partial charge on any atom is 0.255 e. The Hall–Kier alpha value is -3.67. The molecule has 2 N–H and O–H groups in total. The summed E-state index contributed by atoms with van der Waals surface area (Å²) in [5, 5.41) is 5.41. The van der Waals surface area contributed by atoms with E-state index in [1.807, 2.05) is 13.0 Å². The summed E-state index contributed by atoms with van der Waals surface area (Å²) >= 11 is 0. The molecule has 28 heavy (non-hydrogen) atoms. The Morgan fingerprint density at radius 3 is 2.14 bits per heavy atom. The second-order valence-corrected chi connectivity index (χ2v) is 5.93. The van der Waals surface area contributed by atoms with Crippen LogP contribution in [0, 0.1) is 5.82 Å². The smallest absolute Gasteiger partial charge is 0.255 e. The van der Waals surface area contributed by atoms with Crippen LogP contribution in [0.25, 0.3) is 0 Å². The van der Waals surface area contributed by atoms with Gasteiger partial charge in [0.15, 0.2) is 0 Å². The first kappa shape index (κ1) is 19.1. The molecule has 0 fully saturated rings. The monoisotopic (exact) mass is 378 g/mol. The molecule has 0 saturated carbocycles. The summed E-state index contributed by atoms with van der Waals surface area (Å²) < 4.78 is 18.7. The van der Waals surface area contributed by atoms with E-state index in [2.05, 4.69) is 10.6 Å². The van der Waals surface area contributed by atoms with Crippen LogP contribution >= 0.6 is 0 Å². The van der Waals surface area contributed by atoms with Crippen molar-refractivity contribution in [2.24, 2.45) is 0 Å². The SMILES string of the molecule is CCOc1ccccc1NC(=O)c1ccc(C(=O)Nc2cccc(F)c2)cc1. The van der Waals surface area contributed by atoms with Crippen molar-refractivity contribution in [1.29, 1.82) is 0 Å². The molecule has 3 aromatic rings. The predicted molar refractivity (Wildman–Crippen MR) is 106 cm³/mol. The van der Waals surface area contributed by atoms with Crippen molar-refractivity contribution in [3.8, 4) is 5.75 Å². The molecule has 2 amide bonds. The number of hydrogen-bond acceptors (Lipinski definition) is 3. The Morgan fingerprint density at radius 2 is 1.50 bits per heavy atom. The lowest BCUT2D eigenvalue weighted by Gasteiger charge is -2.11. The third kappa shape index (κ3) is 4.73. The van der Waals surface area contributed by atoms with Crippen molar-refractivity contribution < 1.29 is 18.7 Å². The minimum absolute atomic E-state index is 0.316. The van der Waals surface area contributed by atoms with Gasteiger partial charge in [-0.25, -0.2) is 4.39 Å². The van der Waals surface area contributed by atoms with Gasteiger partial charge in [-0.05, 0) is 61.5 Å². The van der Waals surface area contributed by atoms with Crippen molar-refractivity contribution in [2.45, 2.75) is 6.92 Å². The molecule has 0 aliphatic heterocycles. The number of carbonyl (C=O) groups excluding carboxylic acids is 2. The first-order valence-electron chi connectivity index (χ1n) is 8.77. The van der Waals surface area contributed by atoms with Crippen LogP contribution < -0.4 is 15.4 Å². The number of ether oxygens (including phenoxy) is 1. The molecule has 0 spiro atoms. The first-order chi connectivity index (χ1) is 13.6. The number of hydrogen-bond donors (Lipinski definition) is 2. The standard InChI is InChI=1S/C22H19FN2O3/c1-2-28-20-9-4-3-8-19(20)25-22(27)16-12-10-15(11-13-16)21(26)24-18-7-5-6-17(23)14-18/h3-14H,2H2,1H3,(H,24,26)(H,25,27). The van der Waals surface area contributed by atoms with E-state index < -0.39 is 5.82 Å². The maximum absolute atomic E-state index is 13.2. The lowest BCUT2D eigenvalue weighted by molar-refractivity contribution is 0.101. The van der Waals surface area contributed by atoms with Gasteiger partial charge in [-0.15, -0.1) is 0 Å². The van der Waals surface area contributed by atoms with Crippen LogP contribution in [0.15, 0.2) is 72.8 Å². The van der Waals surface area contributed by atoms with E-state index in [1.54, 1.807) is 36.4 Å². The quantitative estimate of drug-likeness (QED) is 0.652. The number of nitrogens with one attached hydrogen (secondary N) is 2. The lowest BCUT2D eigenvalue weighted by atomic mass is 10.1. The van der Waals surface area contributed by atoms with Crippen LogP contribution in [0.3, 0.4) is 0 Å². The van der Waals surface area contributed by atoms with E-state index in [0.717, 1.165) is 0 Å². The largest absolute Gasteiger partial charge is 0.492 e. The Bertz CT molecular complexity index is 987. The molecule has 0 atom stereocenters. The highest BCUT2D eigenvalue weighted by Crippen LogP contribution is 2.24. The van der Waals surface area contributed by atoms with Crippen LogP contribution in [0.1, 0.15) is 27.6 Å². The van der Waals surface area contributed by atoms with E-state index in [-0.39, 0.29) is 11.8 Å². The van der Waals surface area contributed by atoms with Crippen molar-refractivity contribution >= 4 is 23.2 Å². The Morgan fingerprint density at radius 1 is 0.857 bits per heavy atom. The van der Waals surface area contributed by atoms with Crippen LogP contribution in [-0.4, -0.2) is 18.4 Å². The zero-order valence-electron chi connectivity index (χ0n) is 15.2. The summed E-state index contributed by atoms with van der Waals surface area (Å²) in [7, 11) is 0. The van der Waals surface area contributed by atoms with E-state index >= 15 is 0 Å². The number of para-hydroxylation sites is 2. The van der Waals surface area contributed by atoms with Crippen molar-refractivity contribution in [3.63, 3.8) is 0 Å². The Balaban J connectivity index is 1.68. The molecular weight excluding hydrogens is 359 g/mol. The molecule has 5 nitrogen and oxygen atoms in total. The van der Waals surface area contributed by atoms with Gasteiger partial charge in [-0.2, -0.15) is 0 Å². The van der Waals surface area contributed by atoms with Crippen LogP contribution in [0.2, 0.25) is 0 Å². The minimum Gasteiger partial charge on any atom is -0.492 e. The molecule has 0 bridgehead atoms. The van der Waals surface area contributed by atoms with Gasteiger partial charge in [0.1, 0.15) is 11.6 Å². The third-order valence-corrected chi connectivity index (χ3v) is 3.93. The van der Waals surface area contributed by atoms with E-state index in [1.165, 1.54) is 30.3 Å². The zero-order valence-corrected chi connectivity index (χ0v) is 15.2. The maximum atomic E-state index is 13.2. The second-order valence-electron chi connectivity index (χ2n) is 5.93. The summed E-state index contributed by atoms with van der Waals surface area (Å²) in [5.41, 5.74) is 1.69. The molecule has 0 aromatic heterocycles. The lowest BCUT2D eigenvalue weighted by Crippen LogP contribution is -2.15. The highest BCUT2D eigenvalue weighted by atomic mass is 19.1. The van der Waals surface area contributed by atoms with Crippen LogP contribution in [0.4, 0.5) is 15.8 Å². The fraction of sp³-hybridized carbons (Fsp3) is 0.0909. The van der Waals surface area contributed by atoms with Crippen LogP contribution in [-0.2, 0) is 0 Å². The van der Waals surface area contributed by atoms with Gasteiger partial charge >= 0.3 is 0 Å². The first-order valence-corrected chi connectivity index (χ1v) is 8.77. The van der Waals surface area contributed by atoms with Gasteiger partial charge in [0.25, 0.3) is 11.8 Å². The zero-order chi connectivity index (χ0) is 19.9. The molecule has 0 radical (unpaired) electrons. The molecule has 3 aromatic carbocycles.